The van der Waals surface area contributed by atoms with Gasteiger partial charge in [0.25, 0.3) is 0 Å². The monoisotopic (exact) mass is 904 g/mol. The predicted octanol–water partition coefficient (Wildman–Crippen LogP) is 7.14. The maximum Gasteiger partial charge on any atom is 0.331 e. The maximum atomic E-state index is 14.6. The number of nitrogens with one attached hydrogen (secondary N) is 3. The standard InChI is InChI=1S/C20H19ClFN5O2.C18H17ClFN5.C6H12O3/c21-13-1-2-14(15(22)9-13)20-18(16-3-6-23-11-24-16)19(25-26-20)12-4-7-27(8-5-12)17(29)10-28;19-12-1-2-13(14(20)9-12)18-16(15-5-8-22-10-23-15)17(24-25-18)11-3-6-21-7-4-11;1-2-3-4-9-6(8)5-7/h1-3,6,9,11-12,28H,4-5,7-8,10H2,(H,25,26);1-2,5,8-11,21H,3-4,6-7H2,(H,24,25);7H,2-5H2,1H3. The Morgan fingerprint density at radius 3 is 1.70 bits per heavy atom. The van der Waals surface area contributed by atoms with Crippen LogP contribution in [0, 0.1) is 11.6 Å². The summed E-state index contributed by atoms with van der Waals surface area (Å²) in [6, 6.07) is 12.7. The number of likely N-dealkylation sites (tertiary alicyclic amines) is 1. The number of rotatable bonds is 11. The van der Waals surface area contributed by atoms with Crippen LogP contribution in [-0.2, 0) is 14.3 Å². The number of nitrogens with zero attached hydrogens (tertiary/aromatic N) is 7. The number of hydrogen-bond donors (Lipinski definition) is 5. The van der Waals surface area contributed by atoms with Gasteiger partial charge < -0.3 is 25.2 Å². The summed E-state index contributed by atoms with van der Waals surface area (Å²) in [5, 5.41) is 36.3. The number of esters is 1. The molecule has 2 fully saturated rings. The van der Waals surface area contributed by atoms with E-state index in [2.05, 4.69) is 50.4 Å². The van der Waals surface area contributed by atoms with Crippen molar-refractivity contribution in [1.29, 1.82) is 0 Å². The Morgan fingerprint density at radius 1 is 0.762 bits per heavy atom. The molecule has 2 aromatic carbocycles. The minimum absolute atomic E-state index is 0.0966. The van der Waals surface area contributed by atoms with E-state index in [9.17, 15) is 18.4 Å². The third-order valence-corrected chi connectivity index (χ3v) is 11.1. The molecule has 1 amide bonds. The zero-order chi connectivity index (χ0) is 44.7. The summed E-state index contributed by atoms with van der Waals surface area (Å²) in [6.07, 6.45) is 11.5. The van der Waals surface area contributed by atoms with Gasteiger partial charge in [-0.2, -0.15) is 10.2 Å². The van der Waals surface area contributed by atoms with Gasteiger partial charge in [-0.05, 0) is 93.7 Å². The Hall–Kier alpha value is -5.72. The van der Waals surface area contributed by atoms with Crippen LogP contribution in [0.3, 0.4) is 0 Å². The molecule has 0 radical (unpaired) electrons. The van der Waals surface area contributed by atoms with Crippen molar-refractivity contribution in [3.8, 4) is 45.0 Å². The quantitative estimate of drug-likeness (QED) is 0.0650. The molecule has 0 aliphatic carbocycles. The number of benzene rings is 2. The zero-order valence-electron chi connectivity index (χ0n) is 34.5. The number of unbranched alkanes of at least 4 members (excludes halogenated alkanes) is 1. The summed E-state index contributed by atoms with van der Waals surface area (Å²) >= 11 is 11.8. The highest BCUT2D eigenvalue weighted by Crippen LogP contribution is 2.41. The highest BCUT2D eigenvalue weighted by Gasteiger charge is 2.30. The van der Waals surface area contributed by atoms with Gasteiger partial charge in [-0.15, -0.1) is 0 Å². The van der Waals surface area contributed by atoms with Gasteiger partial charge in [0.05, 0.1) is 18.0 Å². The number of aliphatic hydroxyl groups is 2. The Kier molecular flexibility index (Phi) is 17.2. The highest BCUT2D eigenvalue weighted by molar-refractivity contribution is 6.31. The number of aromatic amines is 2. The van der Waals surface area contributed by atoms with Crippen LogP contribution >= 0.6 is 23.2 Å². The lowest BCUT2D eigenvalue weighted by atomic mass is 9.88. The molecule has 2 saturated heterocycles. The van der Waals surface area contributed by atoms with E-state index in [-0.39, 0.29) is 11.8 Å². The van der Waals surface area contributed by atoms with Gasteiger partial charge >= 0.3 is 5.97 Å². The molecule has 15 nitrogen and oxygen atoms in total. The summed E-state index contributed by atoms with van der Waals surface area (Å²) in [6.45, 7) is 4.43. The van der Waals surface area contributed by atoms with Gasteiger partial charge in [-0.25, -0.2) is 33.5 Å². The molecule has 0 bridgehead atoms. The SMILES string of the molecule is CCCCOC(=O)CO.Fc1cc(Cl)ccc1-c1n[nH]c(C2CCNCC2)c1-c1ccncn1.O=C(CO)N1CCC(c2[nH]nc(-c3ccc(Cl)cc3F)c2-c2ccncn2)CC1. The Balaban J connectivity index is 0.000000177. The minimum atomic E-state index is -0.538. The Morgan fingerprint density at radius 2 is 1.27 bits per heavy atom. The molecule has 2 aliphatic rings. The molecule has 2 aliphatic heterocycles. The van der Waals surface area contributed by atoms with E-state index < -0.39 is 30.8 Å². The topological polar surface area (TPSA) is 208 Å². The molecular formula is C44H48Cl2F2N10O5. The predicted molar refractivity (Wildman–Crippen MR) is 233 cm³/mol. The number of piperidine rings is 2. The molecule has 0 saturated carbocycles. The molecule has 8 rings (SSSR count). The van der Waals surface area contributed by atoms with Gasteiger partial charge in [0.2, 0.25) is 5.91 Å². The first kappa shape index (κ1) is 46.8. The molecule has 0 spiro atoms. The van der Waals surface area contributed by atoms with Crippen molar-refractivity contribution >= 4 is 35.1 Å². The number of amides is 1. The highest BCUT2D eigenvalue weighted by atomic mass is 35.5. The van der Waals surface area contributed by atoms with Crippen LogP contribution in [0.25, 0.3) is 45.0 Å². The number of carbonyl (C=O) groups is 2. The van der Waals surface area contributed by atoms with Crippen LogP contribution in [0.4, 0.5) is 8.78 Å². The summed E-state index contributed by atoms with van der Waals surface area (Å²) in [4.78, 5) is 40.3. The van der Waals surface area contributed by atoms with Crippen molar-refractivity contribution < 1.29 is 33.3 Å². The van der Waals surface area contributed by atoms with Crippen LogP contribution in [0.1, 0.15) is 68.7 Å². The van der Waals surface area contributed by atoms with E-state index >= 15 is 0 Å². The van der Waals surface area contributed by atoms with Crippen LogP contribution in [0.5, 0.6) is 0 Å². The summed E-state index contributed by atoms with van der Waals surface area (Å²) < 4.78 is 33.7. The van der Waals surface area contributed by atoms with E-state index in [4.69, 9.17) is 33.4 Å². The third-order valence-electron chi connectivity index (χ3n) is 10.7. The van der Waals surface area contributed by atoms with Gasteiger partial charge in [-0.3, -0.25) is 15.0 Å². The fourth-order valence-corrected chi connectivity index (χ4v) is 7.77. The largest absolute Gasteiger partial charge is 0.464 e. The second-order valence-electron chi connectivity index (χ2n) is 14.7. The van der Waals surface area contributed by atoms with E-state index in [1.165, 1.54) is 24.8 Å². The first-order valence-corrected chi connectivity index (χ1v) is 21.3. The number of aliphatic hydroxyl groups excluding tert-OH is 2. The van der Waals surface area contributed by atoms with Gasteiger partial charge in [0, 0.05) is 81.0 Å². The van der Waals surface area contributed by atoms with Crippen LogP contribution < -0.4 is 5.32 Å². The average Bonchev–Trinajstić information content (AvgIpc) is 3.96. The lowest BCUT2D eigenvalue weighted by Gasteiger charge is -2.31. The van der Waals surface area contributed by atoms with E-state index in [0.717, 1.165) is 67.0 Å². The third kappa shape index (κ3) is 12.1. The smallest absolute Gasteiger partial charge is 0.331 e. The van der Waals surface area contributed by atoms with E-state index in [1.54, 1.807) is 47.6 Å². The fraction of sp³-hybridized carbons (Fsp3) is 0.364. The van der Waals surface area contributed by atoms with Crippen molar-refractivity contribution in [3.05, 3.63) is 107 Å². The van der Waals surface area contributed by atoms with Gasteiger partial charge in [-0.1, -0.05) is 36.5 Å². The van der Waals surface area contributed by atoms with Crippen molar-refractivity contribution in [3.63, 3.8) is 0 Å². The van der Waals surface area contributed by atoms with Crippen molar-refractivity contribution in [1.82, 2.24) is 50.5 Å². The minimum Gasteiger partial charge on any atom is -0.464 e. The molecular weight excluding hydrogens is 857 g/mol. The molecule has 63 heavy (non-hydrogen) atoms. The summed E-state index contributed by atoms with van der Waals surface area (Å²) in [7, 11) is 0. The lowest BCUT2D eigenvalue weighted by molar-refractivity contribution is -0.147. The van der Waals surface area contributed by atoms with Crippen LogP contribution in [-0.4, -0.2) is 113 Å². The van der Waals surface area contributed by atoms with Crippen molar-refractivity contribution in [2.24, 2.45) is 0 Å². The maximum absolute atomic E-state index is 14.6. The molecule has 19 heteroatoms. The molecule has 0 unspecified atom stereocenters. The summed E-state index contributed by atoms with van der Waals surface area (Å²) in [5.74, 6) is -1.24. The lowest BCUT2D eigenvalue weighted by Crippen LogP contribution is -2.39. The molecule has 5 N–H and O–H groups in total. The van der Waals surface area contributed by atoms with Crippen molar-refractivity contribution in [2.75, 3.05) is 46.0 Å². The normalized spacial score (nSPS) is 14.3. The zero-order valence-corrected chi connectivity index (χ0v) is 36.0. The number of aromatic nitrogens is 8. The fourth-order valence-electron chi connectivity index (χ4n) is 7.45. The first-order valence-electron chi connectivity index (χ1n) is 20.6. The molecule has 0 atom stereocenters. The molecule has 332 valence electrons. The Labute approximate surface area is 372 Å². The number of carbonyl (C=O) groups excluding carboxylic acids is 2. The Bertz CT molecular complexity index is 2410. The van der Waals surface area contributed by atoms with Gasteiger partial charge in [0.15, 0.2) is 0 Å². The van der Waals surface area contributed by atoms with Crippen LogP contribution in [0.2, 0.25) is 10.0 Å². The van der Waals surface area contributed by atoms with Crippen molar-refractivity contribution in [2.45, 2.75) is 57.3 Å². The second kappa shape index (κ2) is 23.1. The van der Waals surface area contributed by atoms with E-state index in [0.29, 0.717) is 76.7 Å². The molecule has 4 aromatic heterocycles. The average molecular weight is 906 g/mol. The van der Waals surface area contributed by atoms with E-state index in [1.807, 2.05) is 13.0 Å². The summed E-state index contributed by atoms with van der Waals surface area (Å²) in [5.41, 5.74) is 6.56. The van der Waals surface area contributed by atoms with Crippen LogP contribution in [0.15, 0.2) is 73.6 Å². The number of H-pyrrole nitrogens is 2. The number of halogens is 4. The molecule has 6 aromatic rings. The number of hydrogen-bond acceptors (Lipinski definition) is 12. The molecule has 6 heterocycles. The van der Waals surface area contributed by atoms with Gasteiger partial charge in [0.1, 0.15) is 48.9 Å². The first-order chi connectivity index (χ1) is 30.6. The number of ether oxygens (including phenoxy) is 1. The second-order valence-corrected chi connectivity index (χ2v) is 15.6.